The van der Waals surface area contributed by atoms with E-state index in [2.05, 4.69) is 18.1 Å². The summed E-state index contributed by atoms with van der Waals surface area (Å²) in [4.78, 5) is 0.403. The van der Waals surface area contributed by atoms with Crippen LogP contribution in [0.1, 0.15) is 37.0 Å². The molecule has 0 atom stereocenters. The molecule has 6 heteroatoms. The summed E-state index contributed by atoms with van der Waals surface area (Å²) in [6.45, 7) is 4.60. The number of benzene rings is 2. The number of hydrogen-bond acceptors (Lipinski definition) is 3. The van der Waals surface area contributed by atoms with Gasteiger partial charge in [-0.2, -0.15) is 5.10 Å². The van der Waals surface area contributed by atoms with E-state index in [0.717, 1.165) is 52.8 Å². The van der Waals surface area contributed by atoms with Gasteiger partial charge < -0.3 is 0 Å². The Morgan fingerprint density at radius 1 is 1.03 bits per heavy atom. The summed E-state index contributed by atoms with van der Waals surface area (Å²) < 4.78 is 31.2. The Kier molecular flexibility index (Phi) is 5.21. The Bertz CT molecular complexity index is 1130. The normalized spacial score (nSPS) is 14.1. The van der Waals surface area contributed by atoms with E-state index >= 15 is 0 Å². The van der Waals surface area contributed by atoms with Gasteiger partial charge in [0, 0.05) is 25.4 Å². The summed E-state index contributed by atoms with van der Waals surface area (Å²) in [6.07, 6.45) is 6.91. The quantitative estimate of drug-likeness (QED) is 0.629. The second-order valence-corrected chi connectivity index (χ2v) is 9.37. The first-order chi connectivity index (χ1) is 14.0. The minimum Gasteiger partial charge on any atom is -0.275 e. The van der Waals surface area contributed by atoms with Crippen LogP contribution in [0, 0.1) is 0 Å². The molecule has 0 amide bonds. The Balaban J connectivity index is 1.87. The number of hydrogen-bond donors (Lipinski definition) is 0. The van der Waals surface area contributed by atoms with E-state index in [9.17, 15) is 8.42 Å². The molecule has 1 aromatic heterocycles. The largest absolute Gasteiger partial charge is 0.275 e. The van der Waals surface area contributed by atoms with Crippen molar-refractivity contribution >= 4 is 15.7 Å². The van der Waals surface area contributed by atoms with Gasteiger partial charge in [-0.05, 0) is 54.0 Å². The molecule has 29 heavy (non-hydrogen) atoms. The highest BCUT2D eigenvalue weighted by Crippen LogP contribution is 2.37. The lowest BCUT2D eigenvalue weighted by Crippen LogP contribution is -2.36. The molecule has 5 nitrogen and oxygen atoms in total. The average Bonchev–Trinajstić information content (AvgIpc) is 3.18. The van der Waals surface area contributed by atoms with Crippen LogP contribution in [-0.2, 0) is 36.3 Å². The zero-order chi connectivity index (χ0) is 20.6. The van der Waals surface area contributed by atoms with E-state index in [1.54, 1.807) is 15.2 Å². The Morgan fingerprint density at radius 2 is 1.83 bits per heavy atom. The van der Waals surface area contributed by atoms with Gasteiger partial charge in [0.25, 0.3) is 10.0 Å². The third-order valence-electron chi connectivity index (χ3n) is 5.70. The molecule has 0 aliphatic carbocycles. The van der Waals surface area contributed by atoms with E-state index in [1.165, 1.54) is 0 Å². The summed E-state index contributed by atoms with van der Waals surface area (Å²) >= 11 is 0. The second kappa shape index (κ2) is 7.67. The van der Waals surface area contributed by atoms with Gasteiger partial charge in [-0.1, -0.05) is 44.2 Å². The van der Waals surface area contributed by atoms with Crippen LogP contribution in [0.4, 0.5) is 5.69 Å². The number of rotatable bonds is 5. The van der Waals surface area contributed by atoms with Crippen LogP contribution in [-0.4, -0.2) is 24.7 Å². The van der Waals surface area contributed by atoms with Gasteiger partial charge in [0.05, 0.1) is 16.8 Å². The summed E-state index contributed by atoms with van der Waals surface area (Å²) in [7, 11) is -1.81. The van der Waals surface area contributed by atoms with Crippen LogP contribution in [0.3, 0.4) is 0 Å². The SMILES string of the molecule is CCc1ccc(-c2cnn(C)c2)cc1S(=O)(=O)N1CCCc2cccc(CC)c21. The van der Waals surface area contributed by atoms with Crippen molar-refractivity contribution in [3.8, 4) is 11.1 Å². The Labute approximate surface area is 173 Å². The van der Waals surface area contributed by atoms with Gasteiger partial charge in [-0.15, -0.1) is 0 Å². The second-order valence-electron chi connectivity index (χ2n) is 7.54. The topological polar surface area (TPSA) is 55.2 Å². The average molecular weight is 410 g/mol. The molecular formula is C23H27N3O2S. The standard InChI is InChI=1S/C23H27N3O2S/c1-4-17-11-12-20(21-15-24-25(3)16-21)14-22(17)29(27,28)26-13-7-10-19-9-6-8-18(5-2)23(19)26/h6,8-9,11-12,14-16H,4-5,7,10,13H2,1-3H3. The molecular weight excluding hydrogens is 382 g/mol. The van der Waals surface area contributed by atoms with Crippen LogP contribution in [0.2, 0.25) is 0 Å². The molecule has 2 heterocycles. The van der Waals surface area contributed by atoms with Crippen molar-refractivity contribution in [3.05, 3.63) is 65.5 Å². The number of para-hydroxylation sites is 1. The van der Waals surface area contributed by atoms with E-state index in [-0.39, 0.29) is 0 Å². The lowest BCUT2D eigenvalue weighted by atomic mass is 9.98. The number of fused-ring (bicyclic) bond motifs is 1. The Hall–Kier alpha value is -2.60. The molecule has 2 aromatic carbocycles. The highest BCUT2D eigenvalue weighted by Gasteiger charge is 2.32. The monoisotopic (exact) mass is 409 g/mol. The fraction of sp³-hybridized carbons (Fsp3) is 0.348. The fourth-order valence-corrected chi connectivity index (χ4v) is 6.07. The molecule has 0 saturated heterocycles. The smallest absolute Gasteiger partial charge is 0.264 e. The van der Waals surface area contributed by atoms with E-state index < -0.39 is 10.0 Å². The van der Waals surface area contributed by atoms with E-state index in [1.807, 2.05) is 50.5 Å². The highest BCUT2D eigenvalue weighted by atomic mass is 32.2. The third kappa shape index (κ3) is 3.46. The first kappa shape index (κ1) is 19.7. The molecule has 0 spiro atoms. The molecule has 0 saturated carbocycles. The summed E-state index contributed by atoms with van der Waals surface area (Å²) in [5.74, 6) is 0. The zero-order valence-corrected chi connectivity index (χ0v) is 18.0. The van der Waals surface area contributed by atoms with Crippen molar-refractivity contribution in [2.75, 3.05) is 10.8 Å². The first-order valence-corrected chi connectivity index (χ1v) is 11.6. The summed E-state index contributed by atoms with van der Waals surface area (Å²) in [5, 5.41) is 4.23. The van der Waals surface area contributed by atoms with Gasteiger partial charge in [-0.25, -0.2) is 8.42 Å². The maximum Gasteiger partial charge on any atom is 0.264 e. The highest BCUT2D eigenvalue weighted by molar-refractivity contribution is 7.93. The lowest BCUT2D eigenvalue weighted by Gasteiger charge is -2.33. The number of aryl methyl sites for hydroxylation is 4. The number of aromatic nitrogens is 2. The van der Waals surface area contributed by atoms with Crippen LogP contribution in [0.5, 0.6) is 0 Å². The van der Waals surface area contributed by atoms with Gasteiger partial charge in [-0.3, -0.25) is 8.99 Å². The molecule has 1 aliphatic rings. The molecule has 3 aromatic rings. The minimum absolute atomic E-state index is 0.403. The minimum atomic E-state index is -3.67. The van der Waals surface area contributed by atoms with Crippen LogP contribution in [0.25, 0.3) is 11.1 Å². The van der Waals surface area contributed by atoms with Gasteiger partial charge in [0.1, 0.15) is 0 Å². The summed E-state index contributed by atoms with van der Waals surface area (Å²) in [6, 6.07) is 11.9. The maximum atomic E-state index is 13.9. The molecule has 0 N–H and O–H groups in total. The predicted octanol–water partition coefficient (Wildman–Crippen LogP) is 4.35. The van der Waals surface area contributed by atoms with Crippen LogP contribution in [0.15, 0.2) is 53.7 Å². The van der Waals surface area contributed by atoms with Crippen molar-refractivity contribution in [1.29, 1.82) is 0 Å². The third-order valence-corrected chi connectivity index (χ3v) is 7.58. The number of nitrogens with zero attached hydrogens (tertiary/aromatic N) is 3. The molecule has 4 rings (SSSR count). The molecule has 1 aliphatic heterocycles. The fourth-order valence-electron chi connectivity index (χ4n) is 4.17. The van der Waals surface area contributed by atoms with Gasteiger partial charge in [0.15, 0.2) is 0 Å². The predicted molar refractivity (Wildman–Crippen MR) is 117 cm³/mol. The number of anilines is 1. The Morgan fingerprint density at radius 3 is 2.52 bits per heavy atom. The lowest BCUT2D eigenvalue weighted by molar-refractivity contribution is 0.585. The zero-order valence-electron chi connectivity index (χ0n) is 17.2. The van der Waals surface area contributed by atoms with Crippen molar-refractivity contribution in [2.45, 2.75) is 44.4 Å². The first-order valence-electron chi connectivity index (χ1n) is 10.2. The van der Waals surface area contributed by atoms with E-state index in [4.69, 9.17) is 0 Å². The molecule has 0 bridgehead atoms. The maximum absolute atomic E-state index is 13.9. The number of sulfonamides is 1. The van der Waals surface area contributed by atoms with Gasteiger partial charge >= 0.3 is 0 Å². The molecule has 0 fully saturated rings. The van der Waals surface area contributed by atoms with Crippen molar-refractivity contribution in [3.63, 3.8) is 0 Å². The van der Waals surface area contributed by atoms with Crippen molar-refractivity contribution < 1.29 is 8.42 Å². The van der Waals surface area contributed by atoms with Gasteiger partial charge in [0.2, 0.25) is 0 Å². The molecule has 0 unspecified atom stereocenters. The molecule has 0 radical (unpaired) electrons. The molecule has 152 valence electrons. The van der Waals surface area contributed by atoms with Crippen LogP contribution < -0.4 is 4.31 Å². The summed E-state index contributed by atoms with van der Waals surface area (Å²) in [5.41, 5.74) is 5.73. The van der Waals surface area contributed by atoms with E-state index in [0.29, 0.717) is 17.9 Å². The van der Waals surface area contributed by atoms with Crippen LogP contribution >= 0.6 is 0 Å². The van der Waals surface area contributed by atoms with Crippen molar-refractivity contribution in [2.24, 2.45) is 7.05 Å². The van der Waals surface area contributed by atoms with Crippen molar-refractivity contribution in [1.82, 2.24) is 9.78 Å².